The van der Waals surface area contributed by atoms with Gasteiger partial charge in [0.2, 0.25) is 0 Å². The summed E-state index contributed by atoms with van der Waals surface area (Å²) in [4.78, 5) is 11.7. The summed E-state index contributed by atoms with van der Waals surface area (Å²) in [5, 5.41) is 1.66. The molecular formula is C14H9ClN4. The number of pyridine rings is 2. The van der Waals surface area contributed by atoms with E-state index in [1.54, 1.807) is 12.4 Å². The number of halogens is 1. The first kappa shape index (κ1) is 10.6. The van der Waals surface area contributed by atoms with Crippen LogP contribution in [0.4, 0.5) is 0 Å². The Balaban J connectivity index is 2.00. The van der Waals surface area contributed by atoms with E-state index in [9.17, 15) is 0 Å². The maximum Gasteiger partial charge on any atom is 0.137 e. The van der Waals surface area contributed by atoms with Gasteiger partial charge in [0.15, 0.2) is 0 Å². The van der Waals surface area contributed by atoms with Crippen LogP contribution >= 0.6 is 11.6 Å². The second-order valence-corrected chi connectivity index (χ2v) is 4.80. The van der Waals surface area contributed by atoms with E-state index in [4.69, 9.17) is 11.6 Å². The molecule has 0 atom stereocenters. The fourth-order valence-electron chi connectivity index (χ4n) is 2.30. The normalized spacial score (nSPS) is 11.4. The SMILES string of the molecule is Clc1cnc2[nH]cc(-c3ccc4nccn4c3)c2c1. The highest BCUT2D eigenvalue weighted by molar-refractivity contribution is 6.31. The Hall–Kier alpha value is -2.33. The van der Waals surface area contributed by atoms with Gasteiger partial charge in [0.25, 0.3) is 0 Å². The lowest BCUT2D eigenvalue weighted by Crippen LogP contribution is -1.85. The molecule has 4 heterocycles. The summed E-state index contributed by atoms with van der Waals surface area (Å²) in [6.07, 6.45) is 9.35. The molecule has 0 aliphatic heterocycles. The van der Waals surface area contributed by atoms with Crippen molar-refractivity contribution < 1.29 is 0 Å². The third-order valence-corrected chi connectivity index (χ3v) is 3.40. The molecular weight excluding hydrogens is 260 g/mol. The molecule has 0 saturated carbocycles. The predicted octanol–water partition coefficient (Wildman–Crippen LogP) is 3.53. The molecule has 4 aromatic heterocycles. The highest BCUT2D eigenvalue weighted by Crippen LogP contribution is 2.29. The zero-order valence-electron chi connectivity index (χ0n) is 9.84. The number of hydrogen-bond donors (Lipinski definition) is 1. The van der Waals surface area contributed by atoms with Crippen molar-refractivity contribution in [1.29, 1.82) is 0 Å². The predicted molar refractivity (Wildman–Crippen MR) is 75.3 cm³/mol. The average Bonchev–Trinajstić information content (AvgIpc) is 3.03. The fraction of sp³-hybridized carbons (Fsp3) is 0. The molecule has 0 unspecified atom stereocenters. The molecule has 92 valence electrons. The van der Waals surface area contributed by atoms with Gasteiger partial charge in [-0.1, -0.05) is 11.6 Å². The highest BCUT2D eigenvalue weighted by Gasteiger charge is 2.08. The first-order valence-electron chi connectivity index (χ1n) is 5.87. The van der Waals surface area contributed by atoms with E-state index in [1.165, 1.54) is 0 Å². The quantitative estimate of drug-likeness (QED) is 0.574. The minimum atomic E-state index is 0.636. The molecule has 0 aliphatic rings. The van der Waals surface area contributed by atoms with Gasteiger partial charge >= 0.3 is 0 Å². The number of aromatic amines is 1. The largest absolute Gasteiger partial charge is 0.346 e. The van der Waals surface area contributed by atoms with E-state index in [1.807, 2.05) is 41.2 Å². The van der Waals surface area contributed by atoms with Crippen molar-refractivity contribution in [3.05, 3.63) is 54.2 Å². The van der Waals surface area contributed by atoms with Crippen molar-refractivity contribution in [3.63, 3.8) is 0 Å². The number of hydrogen-bond acceptors (Lipinski definition) is 2. The summed E-state index contributed by atoms with van der Waals surface area (Å²) < 4.78 is 1.99. The number of nitrogens with one attached hydrogen (secondary N) is 1. The molecule has 1 N–H and O–H groups in total. The van der Waals surface area contributed by atoms with Crippen molar-refractivity contribution in [2.45, 2.75) is 0 Å². The third kappa shape index (κ3) is 1.61. The Morgan fingerprint density at radius 2 is 2.16 bits per heavy atom. The van der Waals surface area contributed by atoms with Gasteiger partial charge in [-0.05, 0) is 18.2 Å². The fourth-order valence-corrected chi connectivity index (χ4v) is 2.45. The average molecular weight is 269 g/mol. The topological polar surface area (TPSA) is 46.0 Å². The first-order chi connectivity index (χ1) is 9.31. The van der Waals surface area contributed by atoms with Crippen molar-refractivity contribution in [3.8, 4) is 11.1 Å². The van der Waals surface area contributed by atoms with Crippen LogP contribution in [0.25, 0.3) is 27.8 Å². The van der Waals surface area contributed by atoms with Crippen LogP contribution in [-0.4, -0.2) is 19.4 Å². The van der Waals surface area contributed by atoms with Crippen molar-refractivity contribution in [2.24, 2.45) is 0 Å². The Bertz CT molecular complexity index is 891. The molecule has 4 aromatic rings. The van der Waals surface area contributed by atoms with Crippen LogP contribution < -0.4 is 0 Å². The van der Waals surface area contributed by atoms with Crippen LogP contribution in [0.2, 0.25) is 5.02 Å². The van der Waals surface area contributed by atoms with E-state index in [2.05, 4.69) is 15.0 Å². The summed E-state index contributed by atoms with van der Waals surface area (Å²) in [7, 11) is 0. The number of fused-ring (bicyclic) bond motifs is 2. The van der Waals surface area contributed by atoms with Gasteiger partial charge in [0, 0.05) is 47.5 Å². The van der Waals surface area contributed by atoms with Gasteiger partial charge < -0.3 is 9.38 Å². The van der Waals surface area contributed by atoms with E-state index >= 15 is 0 Å². The van der Waals surface area contributed by atoms with Crippen molar-refractivity contribution in [2.75, 3.05) is 0 Å². The minimum Gasteiger partial charge on any atom is -0.346 e. The van der Waals surface area contributed by atoms with Crippen LogP contribution in [-0.2, 0) is 0 Å². The Kier molecular flexibility index (Phi) is 2.13. The van der Waals surface area contributed by atoms with Gasteiger partial charge in [-0.3, -0.25) is 0 Å². The summed E-state index contributed by atoms with van der Waals surface area (Å²) in [5.74, 6) is 0. The Morgan fingerprint density at radius 3 is 3.11 bits per heavy atom. The molecule has 4 nitrogen and oxygen atoms in total. The van der Waals surface area contributed by atoms with Crippen LogP contribution in [0, 0.1) is 0 Å². The van der Waals surface area contributed by atoms with Gasteiger partial charge in [0.05, 0.1) is 5.02 Å². The van der Waals surface area contributed by atoms with Crippen LogP contribution in [0.5, 0.6) is 0 Å². The third-order valence-electron chi connectivity index (χ3n) is 3.20. The number of rotatable bonds is 1. The summed E-state index contributed by atoms with van der Waals surface area (Å²) in [6, 6.07) is 5.96. The summed E-state index contributed by atoms with van der Waals surface area (Å²) in [5.41, 5.74) is 3.95. The van der Waals surface area contributed by atoms with Crippen molar-refractivity contribution in [1.82, 2.24) is 19.4 Å². The molecule has 0 aromatic carbocycles. The number of H-pyrrole nitrogens is 1. The molecule has 0 saturated heterocycles. The molecule has 0 spiro atoms. The monoisotopic (exact) mass is 268 g/mol. The number of imidazole rings is 1. The minimum absolute atomic E-state index is 0.636. The summed E-state index contributed by atoms with van der Waals surface area (Å²) >= 11 is 6.02. The van der Waals surface area contributed by atoms with Crippen LogP contribution in [0.3, 0.4) is 0 Å². The Morgan fingerprint density at radius 1 is 1.21 bits per heavy atom. The van der Waals surface area contributed by atoms with Gasteiger partial charge in [-0.15, -0.1) is 0 Å². The molecule has 0 amide bonds. The second-order valence-electron chi connectivity index (χ2n) is 4.36. The van der Waals surface area contributed by atoms with Gasteiger partial charge in [0.1, 0.15) is 11.3 Å². The van der Waals surface area contributed by atoms with E-state index in [0.717, 1.165) is 27.8 Å². The second kappa shape index (κ2) is 3.83. The molecule has 0 aliphatic carbocycles. The molecule has 0 radical (unpaired) electrons. The number of aromatic nitrogens is 4. The van der Waals surface area contributed by atoms with E-state index < -0.39 is 0 Å². The zero-order chi connectivity index (χ0) is 12.8. The molecule has 0 fully saturated rings. The highest BCUT2D eigenvalue weighted by atomic mass is 35.5. The smallest absolute Gasteiger partial charge is 0.137 e. The van der Waals surface area contributed by atoms with Crippen LogP contribution in [0.1, 0.15) is 0 Å². The lowest BCUT2D eigenvalue weighted by Gasteiger charge is -2.01. The standard InChI is InChI=1S/C14H9ClN4/c15-10-5-11-12(7-18-14(11)17-6-10)9-1-2-13-16-3-4-19(13)8-9/h1-8H,(H,17,18). The molecule has 19 heavy (non-hydrogen) atoms. The molecule has 5 heteroatoms. The maximum atomic E-state index is 6.02. The first-order valence-corrected chi connectivity index (χ1v) is 6.25. The Labute approximate surface area is 113 Å². The van der Waals surface area contributed by atoms with Gasteiger partial charge in [-0.25, -0.2) is 9.97 Å². The van der Waals surface area contributed by atoms with E-state index in [-0.39, 0.29) is 0 Å². The molecule has 0 bridgehead atoms. The van der Waals surface area contributed by atoms with E-state index in [0.29, 0.717) is 5.02 Å². The molecule has 4 rings (SSSR count). The van der Waals surface area contributed by atoms with Gasteiger partial charge in [-0.2, -0.15) is 0 Å². The zero-order valence-corrected chi connectivity index (χ0v) is 10.6. The summed E-state index contributed by atoms with van der Waals surface area (Å²) in [6.45, 7) is 0. The lowest BCUT2D eigenvalue weighted by atomic mass is 10.1. The van der Waals surface area contributed by atoms with Crippen molar-refractivity contribution >= 4 is 28.3 Å². The van der Waals surface area contributed by atoms with Crippen LogP contribution in [0.15, 0.2) is 49.2 Å². The lowest BCUT2D eigenvalue weighted by molar-refractivity contribution is 1.19. The maximum absolute atomic E-state index is 6.02. The number of nitrogens with zero attached hydrogens (tertiary/aromatic N) is 3.